The van der Waals surface area contributed by atoms with Gasteiger partial charge in [0.05, 0.1) is 5.41 Å². The summed E-state index contributed by atoms with van der Waals surface area (Å²) in [4.78, 5) is 22.1. The van der Waals surface area contributed by atoms with Gasteiger partial charge in [0, 0.05) is 19.5 Å². The smallest absolute Gasteiger partial charge is 0.314 e. The van der Waals surface area contributed by atoms with E-state index in [-0.39, 0.29) is 12.6 Å². The van der Waals surface area contributed by atoms with E-state index in [1.807, 2.05) is 0 Å². The van der Waals surface area contributed by atoms with Gasteiger partial charge in [-0.1, -0.05) is 0 Å². The molecule has 0 saturated carbocycles. The summed E-state index contributed by atoms with van der Waals surface area (Å²) in [6, 6.07) is -0.347. The van der Waals surface area contributed by atoms with Crippen LogP contribution in [0.15, 0.2) is 0 Å². The molecule has 2 amide bonds. The van der Waals surface area contributed by atoms with Gasteiger partial charge in [0.15, 0.2) is 0 Å². The first-order chi connectivity index (χ1) is 7.90. The maximum absolute atomic E-state index is 11.3. The van der Waals surface area contributed by atoms with Crippen molar-refractivity contribution in [1.29, 1.82) is 0 Å². The van der Waals surface area contributed by atoms with Crippen LogP contribution in [0.25, 0.3) is 0 Å². The van der Waals surface area contributed by atoms with E-state index in [9.17, 15) is 9.59 Å². The Morgan fingerprint density at radius 3 is 2.47 bits per heavy atom. The molecule has 0 aromatic heterocycles. The Hall–Kier alpha value is -1.70. The number of amides is 2. The van der Waals surface area contributed by atoms with Gasteiger partial charge in [-0.05, 0) is 26.7 Å². The summed E-state index contributed by atoms with van der Waals surface area (Å²) < 4.78 is 0. The number of hydrogen-bond donors (Lipinski definition) is 3. The number of rotatable bonds is 7. The van der Waals surface area contributed by atoms with Crippen molar-refractivity contribution in [2.75, 3.05) is 13.1 Å². The number of nitrogens with one attached hydrogen (secondary N) is 2. The van der Waals surface area contributed by atoms with E-state index in [0.717, 1.165) is 12.8 Å². The van der Waals surface area contributed by atoms with Gasteiger partial charge in [0.25, 0.3) is 0 Å². The first kappa shape index (κ1) is 15.3. The van der Waals surface area contributed by atoms with Crippen LogP contribution in [0.2, 0.25) is 0 Å². The van der Waals surface area contributed by atoms with Crippen molar-refractivity contribution in [1.82, 2.24) is 10.6 Å². The number of terminal acetylenes is 1. The number of carboxylic acid groups (broad SMARTS) is 1. The first-order valence-corrected chi connectivity index (χ1v) is 5.58. The molecule has 0 aliphatic carbocycles. The minimum absolute atomic E-state index is 0.0958. The molecule has 0 rings (SSSR count). The van der Waals surface area contributed by atoms with Gasteiger partial charge in [-0.3, -0.25) is 4.79 Å². The highest BCUT2D eigenvalue weighted by Crippen LogP contribution is 2.12. The van der Waals surface area contributed by atoms with Crippen molar-refractivity contribution >= 4 is 12.0 Å². The zero-order valence-corrected chi connectivity index (χ0v) is 10.4. The first-order valence-electron chi connectivity index (χ1n) is 5.58. The summed E-state index contributed by atoms with van der Waals surface area (Å²) >= 11 is 0. The summed E-state index contributed by atoms with van der Waals surface area (Å²) in [7, 11) is 0. The Morgan fingerprint density at radius 1 is 1.29 bits per heavy atom. The van der Waals surface area contributed by atoms with Crippen LogP contribution < -0.4 is 10.6 Å². The van der Waals surface area contributed by atoms with Gasteiger partial charge in [-0.2, -0.15) is 0 Å². The highest BCUT2D eigenvalue weighted by molar-refractivity contribution is 5.77. The van der Waals surface area contributed by atoms with Gasteiger partial charge in [0.1, 0.15) is 0 Å². The molecule has 96 valence electrons. The van der Waals surface area contributed by atoms with E-state index in [0.29, 0.717) is 13.0 Å². The molecule has 0 heterocycles. The number of aliphatic carboxylic acids is 1. The van der Waals surface area contributed by atoms with Crippen LogP contribution in [0.3, 0.4) is 0 Å². The van der Waals surface area contributed by atoms with Crippen LogP contribution in [0, 0.1) is 17.8 Å². The van der Waals surface area contributed by atoms with E-state index in [1.165, 1.54) is 0 Å². The van der Waals surface area contributed by atoms with Gasteiger partial charge < -0.3 is 15.7 Å². The molecular formula is C12H20N2O3. The predicted octanol–water partition coefficient (Wildman–Crippen LogP) is 1.20. The van der Waals surface area contributed by atoms with Crippen molar-refractivity contribution in [2.45, 2.75) is 33.1 Å². The zero-order chi connectivity index (χ0) is 13.3. The monoisotopic (exact) mass is 240 g/mol. The second kappa shape index (κ2) is 7.55. The lowest BCUT2D eigenvalue weighted by Crippen LogP contribution is -2.43. The highest BCUT2D eigenvalue weighted by atomic mass is 16.4. The van der Waals surface area contributed by atoms with Crippen molar-refractivity contribution in [2.24, 2.45) is 5.41 Å². The molecule has 0 spiro atoms. The van der Waals surface area contributed by atoms with E-state index >= 15 is 0 Å². The van der Waals surface area contributed by atoms with E-state index < -0.39 is 11.4 Å². The third-order valence-corrected chi connectivity index (χ3v) is 2.30. The number of hydrogen-bond acceptors (Lipinski definition) is 2. The van der Waals surface area contributed by atoms with E-state index in [1.54, 1.807) is 13.8 Å². The van der Waals surface area contributed by atoms with Gasteiger partial charge in [0.2, 0.25) is 0 Å². The van der Waals surface area contributed by atoms with Crippen LogP contribution in [-0.4, -0.2) is 30.2 Å². The van der Waals surface area contributed by atoms with E-state index in [4.69, 9.17) is 11.5 Å². The number of unbranched alkanes of at least 4 members (excludes halogenated alkanes) is 2. The average molecular weight is 240 g/mol. The number of carboxylic acids is 1. The fourth-order valence-corrected chi connectivity index (χ4v) is 0.993. The van der Waals surface area contributed by atoms with Crippen molar-refractivity contribution < 1.29 is 14.7 Å². The SMILES string of the molecule is C#CCCCCNC(=O)NCC(C)(C)C(=O)O. The Kier molecular flexibility index (Phi) is 6.80. The Morgan fingerprint density at radius 2 is 1.94 bits per heavy atom. The molecule has 0 aliphatic rings. The maximum Gasteiger partial charge on any atom is 0.314 e. The number of urea groups is 1. The molecule has 0 atom stereocenters. The summed E-state index contributed by atoms with van der Waals surface area (Å²) in [6.45, 7) is 3.75. The second-order valence-electron chi connectivity index (χ2n) is 4.46. The Labute approximate surface area is 102 Å². The molecular weight excluding hydrogens is 220 g/mol. The maximum atomic E-state index is 11.3. The summed E-state index contributed by atoms with van der Waals surface area (Å²) in [5, 5.41) is 14.0. The minimum Gasteiger partial charge on any atom is -0.481 e. The third-order valence-electron chi connectivity index (χ3n) is 2.30. The zero-order valence-electron chi connectivity index (χ0n) is 10.4. The summed E-state index contributed by atoms with van der Waals surface area (Å²) in [6.07, 6.45) is 7.48. The lowest BCUT2D eigenvalue weighted by Gasteiger charge is -2.19. The molecule has 0 saturated heterocycles. The quantitative estimate of drug-likeness (QED) is 0.462. The summed E-state index contributed by atoms with van der Waals surface area (Å²) in [5.74, 6) is 1.58. The molecule has 17 heavy (non-hydrogen) atoms. The average Bonchev–Trinajstić information content (AvgIpc) is 2.26. The normalized spacial score (nSPS) is 10.4. The topological polar surface area (TPSA) is 78.4 Å². The van der Waals surface area contributed by atoms with Crippen molar-refractivity contribution in [3.63, 3.8) is 0 Å². The fraction of sp³-hybridized carbons (Fsp3) is 0.667. The molecule has 3 N–H and O–H groups in total. The molecule has 0 aliphatic heterocycles. The molecule has 5 heteroatoms. The van der Waals surface area contributed by atoms with Gasteiger partial charge in [-0.15, -0.1) is 12.3 Å². The predicted molar refractivity (Wildman–Crippen MR) is 65.5 cm³/mol. The standard InChI is InChI=1S/C12H20N2O3/c1-4-5-6-7-8-13-11(17)14-9-12(2,3)10(15)16/h1H,5-9H2,2-3H3,(H,15,16)(H2,13,14,17). The molecule has 0 aromatic carbocycles. The Balaban J connectivity index is 3.67. The molecule has 0 bridgehead atoms. The third kappa shape index (κ3) is 7.23. The van der Waals surface area contributed by atoms with Crippen LogP contribution in [0.5, 0.6) is 0 Å². The fourth-order valence-electron chi connectivity index (χ4n) is 0.993. The molecule has 0 aromatic rings. The van der Waals surface area contributed by atoms with Gasteiger partial charge >= 0.3 is 12.0 Å². The Bertz CT molecular complexity index is 305. The number of carbonyl (C=O) groups excluding carboxylic acids is 1. The second-order valence-corrected chi connectivity index (χ2v) is 4.46. The van der Waals surface area contributed by atoms with Gasteiger partial charge in [-0.25, -0.2) is 4.79 Å². The van der Waals surface area contributed by atoms with Crippen LogP contribution in [-0.2, 0) is 4.79 Å². The minimum atomic E-state index is -0.958. The van der Waals surface area contributed by atoms with E-state index in [2.05, 4.69) is 16.6 Å². The highest BCUT2D eigenvalue weighted by Gasteiger charge is 2.27. The van der Waals surface area contributed by atoms with Crippen molar-refractivity contribution in [3.05, 3.63) is 0 Å². The number of carbonyl (C=O) groups is 2. The lowest BCUT2D eigenvalue weighted by molar-refractivity contribution is -0.146. The van der Waals surface area contributed by atoms with Crippen LogP contribution >= 0.6 is 0 Å². The van der Waals surface area contributed by atoms with Crippen LogP contribution in [0.4, 0.5) is 4.79 Å². The molecule has 0 fully saturated rings. The lowest BCUT2D eigenvalue weighted by atomic mass is 9.94. The van der Waals surface area contributed by atoms with Crippen LogP contribution in [0.1, 0.15) is 33.1 Å². The molecule has 5 nitrogen and oxygen atoms in total. The molecule has 0 unspecified atom stereocenters. The molecule has 0 radical (unpaired) electrons. The van der Waals surface area contributed by atoms with Crippen molar-refractivity contribution in [3.8, 4) is 12.3 Å². The summed E-state index contributed by atoms with van der Waals surface area (Å²) in [5.41, 5.74) is -0.958. The largest absolute Gasteiger partial charge is 0.481 e.